The fourth-order valence-corrected chi connectivity index (χ4v) is 1.30. The summed E-state index contributed by atoms with van der Waals surface area (Å²) in [4.78, 5) is 14.0. The molecule has 7 nitrogen and oxygen atoms in total. The molecule has 106 valence electrons. The molecule has 1 unspecified atom stereocenters. The van der Waals surface area contributed by atoms with Crippen molar-refractivity contribution in [1.29, 1.82) is 0 Å². The van der Waals surface area contributed by atoms with Gasteiger partial charge in [0.15, 0.2) is 0 Å². The van der Waals surface area contributed by atoms with E-state index in [9.17, 15) is 18.9 Å². The Morgan fingerprint density at radius 2 is 2.16 bits per heavy atom. The summed E-state index contributed by atoms with van der Waals surface area (Å²) in [5, 5.41) is 24.9. The lowest BCUT2D eigenvalue weighted by atomic mass is 10.3. The zero-order valence-corrected chi connectivity index (χ0v) is 10.1. The summed E-state index contributed by atoms with van der Waals surface area (Å²) in [5.74, 6) is 0.213. The van der Waals surface area contributed by atoms with E-state index in [1.165, 1.54) is 12.1 Å². The first-order valence-electron chi connectivity index (χ1n) is 5.55. The number of anilines is 2. The van der Waals surface area contributed by atoms with Gasteiger partial charge in [-0.1, -0.05) is 0 Å². The molecule has 0 bridgehead atoms. The number of nitro groups is 1. The Morgan fingerprint density at radius 1 is 1.47 bits per heavy atom. The van der Waals surface area contributed by atoms with Crippen LogP contribution >= 0.6 is 0 Å². The van der Waals surface area contributed by atoms with Crippen LogP contribution in [0.15, 0.2) is 12.1 Å². The third-order valence-corrected chi connectivity index (χ3v) is 2.20. The van der Waals surface area contributed by atoms with E-state index in [1.807, 2.05) is 6.92 Å². The fourth-order valence-electron chi connectivity index (χ4n) is 1.30. The van der Waals surface area contributed by atoms with Crippen molar-refractivity contribution in [3.8, 4) is 0 Å². The second-order valence-corrected chi connectivity index (χ2v) is 3.63. The fraction of sp³-hybridized carbons (Fsp3) is 0.500. The van der Waals surface area contributed by atoms with Crippen LogP contribution in [0.25, 0.3) is 0 Å². The Balaban J connectivity index is 2.88. The van der Waals surface area contributed by atoms with Crippen LogP contribution in [0, 0.1) is 10.1 Å². The number of halogens is 2. The lowest BCUT2D eigenvalue weighted by molar-refractivity contribution is -0.384. The number of alkyl halides is 2. The molecular formula is C10H14F2N4O3. The summed E-state index contributed by atoms with van der Waals surface area (Å²) < 4.78 is 24.3. The first kappa shape index (κ1) is 15.0. The molecular weight excluding hydrogens is 262 g/mol. The van der Waals surface area contributed by atoms with Crippen LogP contribution in [0.2, 0.25) is 0 Å². The van der Waals surface area contributed by atoms with Crippen LogP contribution in [0.3, 0.4) is 0 Å². The molecule has 0 aliphatic rings. The topological polar surface area (TPSA) is 100 Å². The van der Waals surface area contributed by atoms with Gasteiger partial charge in [-0.25, -0.2) is 13.8 Å². The SMILES string of the molecule is CCNc1ccc([N+](=O)[O-])c(NCC(O)C(F)F)n1. The van der Waals surface area contributed by atoms with Gasteiger partial charge in [-0.2, -0.15) is 0 Å². The molecule has 1 rings (SSSR count). The minimum Gasteiger partial charge on any atom is -0.385 e. The number of hydrogen-bond donors (Lipinski definition) is 3. The van der Waals surface area contributed by atoms with Crippen LogP contribution in [-0.2, 0) is 0 Å². The molecule has 3 N–H and O–H groups in total. The van der Waals surface area contributed by atoms with Gasteiger partial charge in [-0.05, 0) is 13.0 Å². The monoisotopic (exact) mass is 276 g/mol. The molecule has 1 aromatic heterocycles. The van der Waals surface area contributed by atoms with Gasteiger partial charge in [0.25, 0.3) is 6.43 Å². The summed E-state index contributed by atoms with van der Waals surface area (Å²) in [6.45, 7) is 1.85. The van der Waals surface area contributed by atoms with Crippen molar-refractivity contribution in [2.75, 3.05) is 23.7 Å². The molecule has 1 aromatic rings. The minimum absolute atomic E-state index is 0.164. The zero-order valence-electron chi connectivity index (χ0n) is 10.1. The average molecular weight is 276 g/mol. The molecule has 0 aromatic carbocycles. The lowest BCUT2D eigenvalue weighted by Gasteiger charge is -2.12. The number of nitrogens with zero attached hydrogens (tertiary/aromatic N) is 2. The van der Waals surface area contributed by atoms with Crippen molar-refractivity contribution < 1.29 is 18.8 Å². The van der Waals surface area contributed by atoms with E-state index < -0.39 is 24.0 Å². The van der Waals surface area contributed by atoms with Gasteiger partial charge in [0.05, 0.1) is 4.92 Å². The third kappa shape index (κ3) is 4.28. The first-order valence-corrected chi connectivity index (χ1v) is 5.55. The highest BCUT2D eigenvalue weighted by Crippen LogP contribution is 2.24. The van der Waals surface area contributed by atoms with Gasteiger partial charge < -0.3 is 15.7 Å². The standard InChI is InChI=1S/C10H14F2N4O3/c1-2-13-8-4-3-6(16(18)19)10(15-8)14-5-7(17)9(11)12/h3-4,7,9,17H,2,5H2,1H3,(H2,13,14,15). The summed E-state index contributed by atoms with van der Waals surface area (Å²) in [5.41, 5.74) is -0.344. The predicted molar refractivity (Wildman–Crippen MR) is 65.6 cm³/mol. The zero-order chi connectivity index (χ0) is 14.4. The average Bonchev–Trinajstić information content (AvgIpc) is 2.36. The second-order valence-electron chi connectivity index (χ2n) is 3.63. The highest BCUT2D eigenvalue weighted by atomic mass is 19.3. The summed E-state index contributed by atoms with van der Waals surface area (Å²) in [6, 6.07) is 2.62. The maximum atomic E-state index is 12.1. The Hall–Kier alpha value is -2.03. The summed E-state index contributed by atoms with van der Waals surface area (Å²) in [7, 11) is 0. The Kier molecular flexibility index (Phi) is 5.37. The number of aliphatic hydroxyl groups excluding tert-OH is 1. The number of hydrogen-bond acceptors (Lipinski definition) is 6. The van der Waals surface area contributed by atoms with E-state index in [0.717, 1.165) is 0 Å². The highest BCUT2D eigenvalue weighted by molar-refractivity contribution is 5.60. The Morgan fingerprint density at radius 3 is 2.68 bits per heavy atom. The molecule has 0 spiro atoms. The number of rotatable bonds is 7. The van der Waals surface area contributed by atoms with Gasteiger partial charge in [0, 0.05) is 19.2 Å². The molecule has 0 saturated heterocycles. The first-order chi connectivity index (χ1) is 8.95. The molecule has 0 aliphatic heterocycles. The van der Waals surface area contributed by atoms with Gasteiger partial charge >= 0.3 is 5.69 Å². The normalized spacial score (nSPS) is 12.3. The van der Waals surface area contributed by atoms with Crippen molar-refractivity contribution in [2.24, 2.45) is 0 Å². The minimum atomic E-state index is -2.93. The number of aliphatic hydroxyl groups is 1. The van der Waals surface area contributed by atoms with E-state index in [0.29, 0.717) is 12.4 Å². The van der Waals surface area contributed by atoms with E-state index in [1.54, 1.807) is 0 Å². The van der Waals surface area contributed by atoms with Gasteiger partial charge in [-0.3, -0.25) is 10.1 Å². The van der Waals surface area contributed by atoms with E-state index in [2.05, 4.69) is 15.6 Å². The van der Waals surface area contributed by atoms with Gasteiger partial charge in [-0.15, -0.1) is 0 Å². The third-order valence-electron chi connectivity index (χ3n) is 2.20. The molecule has 1 atom stereocenters. The van der Waals surface area contributed by atoms with Crippen molar-refractivity contribution in [2.45, 2.75) is 19.5 Å². The van der Waals surface area contributed by atoms with E-state index in [4.69, 9.17) is 5.11 Å². The molecule has 0 amide bonds. The van der Waals surface area contributed by atoms with Crippen molar-refractivity contribution in [3.05, 3.63) is 22.2 Å². The van der Waals surface area contributed by atoms with Crippen LogP contribution in [0.4, 0.5) is 26.1 Å². The molecule has 1 heterocycles. The Labute approximate surface area is 107 Å². The van der Waals surface area contributed by atoms with Crippen LogP contribution in [0.1, 0.15) is 6.92 Å². The summed E-state index contributed by atoms with van der Waals surface area (Å²) >= 11 is 0. The maximum Gasteiger partial charge on any atom is 0.311 e. The molecule has 0 saturated carbocycles. The molecule has 0 fully saturated rings. The van der Waals surface area contributed by atoms with Crippen LogP contribution < -0.4 is 10.6 Å². The molecule has 9 heteroatoms. The van der Waals surface area contributed by atoms with Crippen molar-refractivity contribution >= 4 is 17.3 Å². The van der Waals surface area contributed by atoms with Gasteiger partial charge in [0.1, 0.15) is 11.9 Å². The number of pyridine rings is 1. The molecule has 0 radical (unpaired) electrons. The molecule has 0 aliphatic carbocycles. The summed E-state index contributed by atoms with van der Waals surface area (Å²) in [6.07, 6.45) is -4.84. The Bertz CT molecular complexity index is 445. The van der Waals surface area contributed by atoms with Crippen LogP contribution in [-0.4, -0.2) is 40.6 Å². The second kappa shape index (κ2) is 6.78. The largest absolute Gasteiger partial charge is 0.385 e. The lowest BCUT2D eigenvalue weighted by Crippen LogP contribution is -2.27. The van der Waals surface area contributed by atoms with Crippen LogP contribution in [0.5, 0.6) is 0 Å². The predicted octanol–water partition coefficient (Wildman–Crippen LogP) is 1.46. The van der Waals surface area contributed by atoms with Crippen molar-refractivity contribution in [1.82, 2.24) is 4.98 Å². The van der Waals surface area contributed by atoms with E-state index in [-0.39, 0.29) is 11.5 Å². The maximum absolute atomic E-state index is 12.1. The van der Waals surface area contributed by atoms with Gasteiger partial charge in [0.2, 0.25) is 5.82 Å². The highest BCUT2D eigenvalue weighted by Gasteiger charge is 2.20. The number of nitrogens with one attached hydrogen (secondary N) is 2. The quantitative estimate of drug-likeness (QED) is 0.515. The van der Waals surface area contributed by atoms with Crippen molar-refractivity contribution in [3.63, 3.8) is 0 Å². The smallest absolute Gasteiger partial charge is 0.311 e. The number of aromatic nitrogens is 1. The van der Waals surface area contributed by atoms with E-state index >= 15 is 0 Å². The molecule has 19 heavy (non-hydrogen) atoms.